The van der Waals surface area contributed by atoms with Crippen LogP contribution < -0.4 is 11.1 Å². The smallest absolute Gasteiger partial charge is 0.104 e. The first-order valence-corrected chi connectivity index (χ1v) is 7.40. The summed E-state index contributed by atoms with van der Waals surface area (Å²) in [6, 6.07) is 5.59. The van der Waals surface area contributed by atoms with Gasteiger partial charge in [-0.3, -0.25) is 0 Å². The molecule has 1 heterocycles. The van der Waals surface area contributed by atoms with E-state index in [-0.39, 0.29) is 0 Å². The number of nitrogens with two attached hydrogens (primary N) is 1. The fourth-order valence-corrected chi connectivity index (χ4v) is 2.59. The molecule has 1 saturated heterocycles. The molecule has 1 aromatic rings. The van der Waals surface area contributed by atoms with Crippen LogP contribution in [0, 0.1) is 0 Å². The maximum Gasteiger partial charge on any atom is 0.104 e. The summed E-state index contributed by atoms with van der Waals surface area (Å²) < 4.78 is 5.69. The monoisotopic (exact) mass is 298 g/mol. The van der Waals surface area contributed by atoms with E-state index in [2.05, 4.69) is 5.32 Å². The molecule has 0 aliphatic carbocycles. The Labute approximate surface area is 124 Å². The van der Waals surface area contributed by atoms with Crippen molar-refractivity contribution < 1.29 is 4.74 Å². The maximum atomic E-state index is 6.19. The summed E-state index contributed by atoms with van der Waals surface area (Å²) in [7, 11) is 0. The molecule has 1 aromatic carbocycles. The summed E-state index contributed by atoms with van der Waals surface area (Å²) >= 11 is 11.1. The van der Waals surface area contributed by atoms with Gasteiger partial charge in [0.25, 0.3) is 0 Å². The highest BCUT2D eigenvalue weighted by atomic mass is 35.5. The Kier molecular flexibility index (Phi) is 5.43. The zero-order chi connectivity index (χ0) is 13.7. The third-order valence-electron chi connectivity index (χ3n) is 3.31. The van der Waals surface area contributed by atoms with Crippen LogP contribution in [0.15, 0.2) is 18.2 Å². The van der Waals surface area contributed by atoms with E-state index in [1.54, 1.807) is 6.07 Å². The van der Waals surface area contributed by atoms with Crippen LogP contribution in [0.3, 0.4) is 0 Å². The molecule has 3 nitrogen and oxygen atoms in total. The highest BCUT2D eigenvalue weighted by Crippen LogP contribution is 2.23. The predicted molar refractivity (Wildman–Crippen MR) is 84.0 cm³/mol. The molecule has 0 aromatic heterocycles. The Balaban J connectivity index is 1.83. The molecule has 1 aliphatic heterocycles. The van der Waals surface area contributed by atoms with Crippen molar-refractivity contribution in [1.82, 2.24) is 0 Å². The first-order valence-electron chi connectivity index (χ1n) is 6.61. The Morgan fingerprint density at radius 1 is 1.47 bits per heavy atom. The lowest BCUT2D eigenvalue weighted by molar-refractivity contribution is 0.0134. The van der Waals surface area contributed by atoms with Crippen molar-refractivity contribution in [3.63, 3.8) is 0 Å². The van der Waals surface area contributed by atoms with Gasteiger partial charge in [0.15, 0.2) is 0 Å². The van der Waals surface area contributed by atoms with Gasteiger partial charge in [-0.2, -0.15) is 0 Å². The first-order chi connectivity index (χ1) is 9.16. The molecule has 2 rings (SSSR count). The van der Waals surface area contributed by atoms with Gasteiger partial charge in [-0.15, -0.1) is 0 Å². The van der Waals surface area contributed by atoms with E-state index in [4.69, 9.17) is 34.3 Å². The van der Waals surface area contributed by atoms with Gasteiger partial charge in [0.05, 0.1) is 16.8 Å². The largest absolute Gasteiger partial charge is 0.389 e. The fraction of sp³-hybridized carbons (Fsp3) is 0.500. The van der Waals surface area contributed by atoms with Gasteiger partial charge >= 0.3 is 0 Å². The van der Waals surface area contributed by atoms with Crippen molar-refractivity contribution >= 4 is 34.5 Å². The van der Waals surface area contributed by atoms with E-state index in [0.29, 0.717) is 16.1 Å². The van der Waals surface area contributed by atoms with E-state index in [1.807, 2.05) is 12.1 Å². The molecule has 0 bridgehead atoms. The molecular weight excluding hydrogens is 280 g/mol. The molecule has 19 heavy (non-hydrogen) atoms. The van der Waals surface area contributed by atoms with Gasteiger partial charge < -0.3 is 15.8 Å². The molecule has 1 fully saturated rings. The molecule has 0 amide bonds. The number of benzene rings is 1. The summed E-state index contributed by atoms with van der Waals surface area (Å²) in [6.07, 6.45) is 5.02. The summed E-state index contributed by atoms with van der Waals surface area (Å²) in [6.45, 7) is 1.75. The maximum absolute atomic E-state index is 6.19. The number of nitrogens with one attached hydrogen (secondary N) is 1. The van der Waals surface area contributed by atoms with Gasteiger partial charge in [0, 0.05) is 18.7 Å². The Morgan fingerprint density at radius 3 is 2.95 bits per heavy atom. The highest BCUT2D eigenvalue weighted by molar-refractivity contribution is 7.80. The highest BCUT2D eigenvalue weighted by Gasteiger charge is 2.13. The van der Waals surface area contributed by atoms with Crippen LogP contribution in [0.4, 0.5) is 5.69 Å². The normalized spacial score (nSPS) is 19.1. The molecule has 1 atom stereocenters. The van der Waals surface area contributed by atoms with Crippen LogP contribution in [0.5, 0.6) is 0 Å². The number of halogens is 1. The van der Waals surface area contributed by atoms with Crippen LogP contribution in [0.1, 0.15) is 31.2 Å². The van der Waals surface area contributed by atoms with E-state index >= 15 is 0 Å². The summed E-state index contributed by atoms with van der Waals surface area (Å²) in [5, 5.41) is 3.98. The second kappa shape index (κ2) is 7.08. The summed E-state index contributed by atoms with van der Waals surface area (Å²) in [4.78, 5) is 0.365. The Hall–Kier alpha value is -0.840. The molecule has 0 saturated carbocycles. The number of anilines is 1. The van der Waals surface area contributed by atoms with Crippen LogP contribution >= 0.6 is 23.8 Å². The summed E-state index contributed by atoms with van der Waals surface area (Å²) in [5.41, 5.74) is 7.27. The molecule has 1 aliphatic rings. The lowest BCUT2D eigenvalue weighted by Gasteiger charge is -2.22. The standard InChI is InChI=1S/C14H19ClN2OS/c15-12-9-10(14(16)19)4-5-13(12)17-7-6-11-3-1-2-8-18-11/h4-5,9,11,17H,1-3,6-8H2,(H2,16,19). The molecule has 104 valence electrons. The molecule has 5 heteroatoms. The van der Waals surface area contributed by atoms with Gasteiger partial charge in [-0.25, -0.2) is 0 Å². The van der Waals surface area contributed by atoms with Crippen molar-refractivity contribution in [2.24, 2.45) is 5.73 Å². The van der Waals surface area contributed by atoms with Gasteiger partial charge in [-0.1, -0.05) is 23.8 Å². The van der Waals surface area contributed by atoms with E-state index < -0.39 is 0 Å². The number of thiocarbonyl (C=S) groups is 1. The van der Waals surface area contributed by atoms with Crippen molar-refractivity contribution in [2.45, 2.75) is 31.8 Å². The van der Waals surface area contributed by atoms with Crippen LogP contribution in [-0.2, 0) is 4.74 Å². The molecule has 1 unspecified atom stereocenters. The lowest BCUT2D eigenvalue weighted by atomic mass is 10.1. The quantitative estimate of drug-likeness (QED) is 0.819. The van der Waals surface area contributed by atoms with Gasteiger partial charge in [0.1, 0.15) is 4.99 Å². The predicted octanol–water partition coefficient (Wildman–Crippen LogP) is 3.35. The Morgan fingerprint density at radius 2 is 2.32 bits per heavy atom. The van der Waals surface area contributed by atoms with E-state index in [9.17, 15) is 0 Å². The number of hydrogen-bond donors (Lipinski definition) is 2. The Bertz CT molecular complexity index is 447. The van der Waals surface area contributed by atoms with Crippen molar-refractivity contribution in [3.8, 4) is 0 Å². The average molecular weight is 299 g/mol. The van der Waals surface area contributed by atoms with Crippen LogP contribution in [0.25, 0.3) is 0 Å². The second-order valence-corrected chi connectivity index (χ2v) is 5.61. The topological polar surface area (TPSA) is 47.3 Å². The molecule has 0 spiro atoms. The lowest BCUT2D eigenvalue weighted by Crippen LogP contribution is -2.22. The number of ether oxygens (including phenoxy) is 1. The van der Waals surface area contributed by atoms with Crippen LogP contribution in [0.2, 0.25) is 5.02 Å². The minimum Gasteiger partial charge on any atom is -0.389 e. The minimum atomic E-state index is 0.365. The van der Waals surface area contributed by atoms with Gasteiger partial charge in [0.2, 0.25) is 0 Å². The van der Waals surface area contributed by atoms with E-state index in [1.165, 1.54) is 12.8 Å². The van der Waals surface area contributed by atoms with Gasteiger partial charge in [-0.05, 0) is 43.9 Å². The van der Waals surface area contributed by atoms with Crippen molar-refractivity contribution in [3.05, 3.63) is 28.8 Å². The number of rotatable bonds is 5. The third kappa shape index (κ3) is 4.34. The first kappa shape index (κ1) is 14.6. The number of hydrogen-bond acceptors (Lipinski definition) is 3. The zero-order valence-corrected chi connectivity index (χ0v) is 12.4. The third-order valence-corrected chi connectivity index (χ3v) is 3.86. The van der Waals surface area contributed by atoms with Crippen LogP contribution in [-0.4, -0.2) is 24.2 Å². The molecule has 0 radical (unpaired) electrons. The summed E-state index contributed by atoms with van der Waals surface area (Å²) in [5.74, 6) is 0. The zero-order valence-electron chi connectivity index (χ0n) is 10.8. The average Bonchev–Trinajstić information content (AvgIpc) is 2.41. The molecule has 3 N–H and O–H groups in total. The SMILES string of the molecule is NC(=S)c1ccc(NCCC2CCCCO2)c(Cl)c1. The van der Waals surface area contributed by atoms with Crippen molar-refractivity contribution in [1.29, 1.82) is 0 Å². The fourth-order valence-electron chi connectivity index (χ4n) is 2.21. The minimum absolute atomic E-state index is 0.365. The van der Waals surface area contributed by atoms with E-state index in [0.717, 1.165) is 37.2 Å². The van der Waals surface area contributed by atoms with Crippen molar-refractivity contribution in [2.75, 3.05) is 18.5 Å². The second-order valence-electron chi connectivity index (χ2n) is 4.76. The molecular formula is C14H19ClN2OS.